The lowest BCUT2D eigenvalue weighted by molar-refractivity contribution is -0.147. The van der Waals surface area contributed by atoms with Crippen LogP contribution in [0.4, 0.5) is 4.79 Å². The van der Waals surface area contributed by atoms with Crippen LogP contribution >= 0.6 is 11.8 Å². The number of nitrogens with one attached hydrogen (secondary N) is 1. The fraction of sp³-hybridized carbons (Fsp3) is 0.333. The van der Waals surface area contributed by atoms with Crippen molar-refractivity contribution >= 4 is 35.9 Å². The van der Waals surface area contributed by atoms with E-state index in [1.165, 1.54) is 11.8 Å². The van der Waals surface area contributed by atoms with Crippen LogP contribution in [0, 0.1) is 0 Å². The van der Waals surface area contributed by atoms with Gasteiger partial charge >= 0.3 is 12.0 Å². The quantitative estimate of drug-likeness (QED) is 0.273. The summed E-state index contributed by atoms with van der Waals surface area (Å²) in [6.07, 6.45) is 1.16. The van der Waals surface area contributed by atoms with Gasteiger partial charge in [0.1, 0.15) is 17.1 Å². The van der Waals surface area contributed by atoms with Gasteiger partial charge in [-0.15, -0.1) is 11.8 Å². The van der Waals surface area contributed by atoms with Crippen LogP contribution < -0.4 is 16.9 Å². The Kier molecular flexibility index (Phi) is 3.44. The Morgan fingerprint density at radius 3 is 2.84 bits per heavy atom. The molecule has 0 aromatic heterocycles. The molecule has 2 heterocycles. The lowest BCUT2D eigenvalue weighted by Crippen LogP contribution is -2.68. The number of hydrogen-bond donors (Lipinski definition) is 4. The molecule has 10 heteroatoms. The number of thioether (sulfide) groups is 1. The average molecular weight is 285 g/mol. The van der Waals surface area contributed by atoms with Crippen molar-refractivity contribution in [3.63, 3.8) is 0 Å². The number of carboxylic acids is 1. The highest BCUT2D eigenvalue weighted by molar-refractivity contribution is 8.00. The minimum Gasteiger partial charge on any atom is -0.477 e. The van der Waals surface area contributed by atoms with E-state index in [9.17, 15) is 14.4 Å². The number of aliphatic carboxylic acids is 1. The van der Waals surface area contributed by atoms with Gasteiger partial charge in [-0.2, -0.15) is 5.10 Å². The van der Waals surface area contributed by atoms with Crippen molar-refractivity contribution in [2.24, 2.45) is 16.6 Å². The van der Waals surface area contributed by atoms with Gasteiger partial charge in [-0.1, -0.05) is 0 Å². The molecule has 0 aromatic rings. The third-order valence-electron chi connectivity index (χ3n) is 2.64. The maximum Gasteiger partial charge on any atom is 0.353 e. The summed E-state index contributed by atoms with van der Waals surface area (Å²) in [6, 6.07) is -1.54. The summed E-state index contributed by atoms with van der Waals surface area (Å²) in [7, 11) is 0. The minimum atomic E-state index is -1.24. The van der Waals surface area contributed by atoms with Gasteiger partial charge in [-0.3, -0.25) is 9.69 Å². The Labute approximate surface area is 111 Å². The first kappa shape index (κ1) is 13.4. The van der Waals surface area contributed by atoms with Gasteiger partial charge in [0.2, 0.25) is 5.91 Å². The van der Waals surface area contributed by atoms with Gasteiger partial charge in [-0.05, 0) is 0 Å². The van der Waals surface area contributed by atoms with Gasteiger partial charge in [-0.25, -0.2) is 15.0 Å². The number of urea groups is 1. The van der Waals surface area contributed by atoms with E-state index in [0.29, 0.717) is 11.3 Å². The molecule has 0 spiro atoms. The van der Waals surface area contributed by atoms with Crippen LogP contribution in [-0.4, -0.2) is 51.3 Å². The maximum atomic E-state index is 11.6. The number of nitrogens with two attached hydrogens (primary N) is 2. The number of amides is 3. The molecule has 2 aliphatic rings. The maximum absolute atomic E-state index is 11.6. The number of fused-ring (bicyclic) bond motifs is 1. The second-order valence-electron chi connectivity index (χ2n) is 3.85. The summed E-state index contributed by atoms with van der Waals surface area (Å²) < 4.78 is 0. The lowest BCUT2D eigenvalue weighted by atomic mass is 10.0. The van der Waals surface area contributed by atoms with Gasteiger partial charge in [0.15, 0.2) is 0 Å². The van der Waals surface area contributed by atoms with Crippen molar-refractivity contribution in [1.29, 1.82) is 0 Å². The molecule has 3 amide bonds. The number of β-lactam (4-membered cyclic amide) rings is 1. The Morgan fingerprint density at radius 2 is 2.26 bits per heavy atom. The first-order valence-corrected chi connectivity index (χ1v) is 6.23. The van der Waals surface area contributed by atoms with E-state index >= 15 is 0 Å². The van der Waals surface area contributed by atoms with Gasteiger partial charge in [0.25, 0.3) is 0 Å². The lowest BCUT2D eigenvalue weighted by Gasteiger charge is -2.47. The fourth-order valence-corrected chi connectivity index (χ4v) is 3.06. The highest BCUT2D eigenvalue weighted by Crippen LogP contribution is 2.38. The summed E-state index contributed by atoms with van der Waals surface area (Å²) in [6.45, 7) is 0. The van der Waals surface area contributed by atoms with E-state index in [-0.39, 0.29) is 11.1 Å². The highest BCUT2D eigenvalue weighted by atomic mass is 32.2. The van der Waals surface area contributed by atoms with E-state index in [1.54, 1.807) is 0 Å². The van der Waals surface area contributed by atoms with Crippen molar-refractivity contribution in [2.45, 2.75) is 11.4 Å². The van der Waals surface area contributed by atoms with Crippen LogP contribution in [0.5, 0.6) is 0 Å². The normalized spacial score (nSPS) is 26.2. The minimum absolute atomic E-state index is 0.162. The molecule has 0 aliphatic carbocycles. The molecule has 2 unspecified atom stereocenters. The monoisotopic (exact) mass is 285 g/mol. The molecule has 0 aromatic carbocycles. The summed E-state index contributed by atoms with van der Waals surface area (Å²) in [5, 5.41) is 12.3. The van der Waals surface area contributed by atoms with Crippen molar-refractivity contribution in [2.75, 3.05) is 5.75 Å². The Morgan fingerprint density at radius 1 is 1.58 bits per heavy atom. The predicted molar refractivity (Wildman–Crippen MR) is 66.9 cm³/mol. The molecule has 1 saturated heterocycles. The molecule has 9 nitrogen and oxygen atoms in total. The number of carbonyl (C=O) groups excluding carboxylic acids is 2. The number of hydrogen-bond acceptors (Lipinski definition) is 6. The number of primary amides is 1. The number of rotatable bonds is 3. The van der Waals surface area contributed by atoms with E-state index < -0.39 is 23.9 Å². The number of nitrogens with zero attached hydrogens (tertiary/aromatic N) is 2. The summed E-state index contributed by atoms with van der Waals surface area (Å²) >= 11 is 1.34. The van der Waals surface area contributed by atoms with Crippen LogP contribution in [-0.2, 0) is 9.59 Å². The first-order valence-electron chi connectivity index (χ1n) is 5.18. The zero-order valence-electron chi connectivity index (χ0n) is 9.57. The smallest absolute Gasteiger partial charge is 0.353 e. The van der Waals surface area contributed by atoms with Gasteiger partial charge in [0.05, 0.1) is 6.21 Å². The van der Waals surface area contributed by atoms with Crippen LogP contribution in [0.1, 0.15) is 0 Å². The van der Waals surface area contributed by atoms with Crippen LogP contribution in [0.25, 0.3) is 0 Å². The summed E-state index contributed by atoms with van der Waals surface area (Å²) in [4.78, 5) is 34.4. The first-order chi connectivity index (χ1) is 8.93. The molecule has 1 fully saturated rings. The van der Waals surface area contributed by atoms with E-state index in [4.69, 9.17) is 16.6 Å². The molecule has 2 aliphatic heterocycles. The van der Waals surface area contributed by atoms with Crippen molar-refractivity contribution in [3.8, 4) is 0 Å². The van der Waals surface area contributed by atoms with E-state index in [0.717, 1.165) is 11.1 Å². The third-order valence-corrected chi connectivity index (χ3v) is 3.96. The second-order valence-corrected chi connectivity index (χ2v) is 4.95. The van der Waals surface area contributed by atoms with Gasteiger partial charge in [0, 0.05) is 11.3 Å². The average Bonchev–Trinajstić information content (AvgIpc) is 2.36. The Hall–Kier alpha value is -2.07. The molecule has 2 rings (SSSR count). The molecule has 0 bridgehead atoms. The standard InChI is InChI=1S/C9H11N5O4S/c10-4-6(15)14-5(8(16)17)3(2-19-7(4)14)1-12-13-9(11)18/h1,4,7H,2,10H2,(H,16,17)(H3,11,13,18). The molecular weight excluding hydrogens is 274 g/mol. The van der Waals surface area contributed by atoms with Crippen molar-refractivity contribution in [1.82, 2.24) is 10.3 Å². The molecule has 0 radical (unpaired) electrons. The summed E-state index contributed by atoms with van der Waals surface area (Å²) in [5.74, 6) is -1.36. The van der Waals surface area contributed by atoms with Crippen LogP contribution in [0.3, 0.4) is 0 Å². The van der Waals surface area contributed by atoms with E-state index in [1.807, 2.05) is 5.43 Å². The van der Waals surface area contributed by atoms with Crippen LogP contribution in [0.15, 0.2) is 16.4 Å². The molecule has 102 valence electrons. The second kappa shape index (κ2) is 4.90. The molecule has 6 N–H and O–H groups in total. The zero-order valence-corrected chi connectivity index (χ0v) is 10.4. The van der Waals surface area contributed by atoms with Crippen molar-refractivity contribution < 1.29 is 19.5 Å². The Bertz CT molecular complexity index is 517. The fourth-order valence-electron chi connectivity index (χ4n) is 1.81. The molecule has 2 atom stereocenters. The largest absolute Gasteiger partial charge is 0.477 e. The predicted octanol–water partition coefficient (Wildman–Crippen LogP) is -1.78. The number of carbonyl (C=O) groups is 3. The van der Waals surface area contributed by atoms with Gasteiger partial charge < -0.3 is 16.6 Å². The van der Waals surface area contributed by atoms with E-state index in [2.05, 4.69) is 5.10 Å². The topological polar surface area (TPSA) is 151 Å². The summed E-state index contributed by atoms with van der Waals surface area (Å²) in [5.41, 5.74) is 12.5. The zero-order chi connectivity index (χ0) is 14.2. The molecule has 0 saturated carbocycles. The number of carboxylic acid groups (broad SMARTS) is 1. The SMILES string of the molecule is NC(=O)NN=CC1=C(C(=O)O)N2C(=O)C(N)C2SC1. The highest BCUT2D eigenvalue weighted by Gasteiger charge is 2.51. The Balaban J connectivity index is 2.28. The molecular formula is C9H11N5O4S. The van der Waals surface area contributed by atoms with Crippen molar-refractivity contribution in [3.05, 3.63) is 11.3 Å². The van der Waals surface area contributed by atoms with Crippen LogP contribution in [0.2, 0.25) is 0 Å². The third kappa shape index (κ3) is 2.27. The molecule has 19 heavy (non-hydrogen) atoms. The number of hydrazone groups is 1.